The van der Waals surface area contributed by atoms with Crippen LogP contribution in [-0.4, -0.2) is 16.7 Å². The molecular weight excluding hydrogens is 346 g/mol. The number of benzene rings is 3. The lowest BCUT2D eigenvalue weighted by Gasteiger charge is -2.08. The highest BCUT2D eigenvalue weighted by atomic mass is 16.6. The molecule has 0 aromatic heterocycles. The topological polar surface area (TPSA) is 101 Å². The zero-order valence-electron chi connectivity index (χ0n) is 14.1. The number of carbonyl (C=O) groups excluding carboxylic acids is 2. The number of hydrogen-bond donors (Lipinski definition) is 2. The molecule has 0 heterocycles. The zero-order valence-corrected chi connectivity index (χ0v) is 14.1. The van der Waals surface area contributed by atoms with E-state index in [0.717, 1.165) is 0 Å². The number of nitro groups is 1. The van der Waals surface area contributed by atoms with Crippen molar-refractivity contribution in [2.75, 3.05) is 10.6 Å². The summed E-state index contributed by atoms with van der Waals surface area (Å²) in [5.41, 5.74) is 1.67. The summed E-state index contributed by atoms with van der Waals surface area (Å²) in [6.45, 7) is 0. The molecule has 0 radical (unpaired) electrons. The van der Waals surface area contributed by atoms with E-state index in [2.05, 4.69) is 10.6 Å². The number of nitro benzene ring substituents is 1. The third-order valence-corrected chi connectivity index (χ3v) is 3.76. The van der Waals surface area contributed by atoms with Gasteiger partial charge in [-0.05, 0) is 42.5 Å². The summed E-state index contributed by atoms with van der Waals surface area (Å²) in [5, 5.41) is 16.2. The smallest absolute Gasteiger partial charge is 0.271 e. The van der Waals surface area contributed by atoms with Crippen LogP contribution in [0.25, 0.3) is 0 Å². The van der Waals surface area contributed by atoms with Crippen molar-refractivity contribution in [3.63, 3.8) is 0 Å². The van der Waals surface area contributed by atoms with E-state index in [4.69, 9.17) is 0 Å². The number of anilines is 2. The third-order valence-electron chi connectivity index (χ3n) is 3.76. The Kier molecular flexibility index (Phi) is 5.22. The van der Waals surface area contributed by atoms with Gasteiger partial charge in [0, 0.05) is 34.6 Å². The Balaban J connectivity index is 1.66. The molecule has 3 rings (SSSR count). The number of non-ortho nitro benzene ring substituents is 1. The van der Waals surface area contributed by atoms with Crippen LogP contribution in [0, 0.1) is 10.1 Å². The van der Waals surface area contributed by atoms with Crippen LogP contribution >= 0.6 is 0 Å². The predicted molar refractivity (Wildman–Crippen MR) is 102 cm³/mol. The number of carbonyl (C=O) groups is 2. The van der Waals surface area contributed by atoms with Gasteiger partial charge in [0.2, 0.25) is 0 Å². The van der Waals surface area contributed by atoms with E-state index in [1.807, 2.05) is 6.07 Å². The predicted octanol–water partition coefficient (Wildman–Crippen LogP) is 4.10. The van der Waals surface area contributed by atoms with Gasteiger partial charge in [0.25, 0.3) is 17.5 Å². The van der Waals surface area contributed by atoms with Crippen molar-refractivity contribution < 1.29 is 14.5 Å². The van der Waals surface area contributed by atoms with E-state index in [-0.39, 0.29) is 11.6 Å². The monoisotopic (exact) mass is 361 g/mol. The Bertz CT molecular complexity index is 986. The van der Waals surface area contributed by atoms with E-state index in [1.165, 1.54) is 18.2 Å². The summed E-state index contributed by atoms with van der Waals surface area (Å²) in [4.78, 5) is 34.7. The van der Waals surface area contributed by atoms with E-state index in [0.29, 0.717) is 22.5 Å². The summed E-state index contributed by atoms with van der Waals surface area (Å²) in [6, 6.07) is 20.8. The average Bonchev–Trinajstić information content (AvgIpc) is 2.69. The Labute approximate surface area is 154 Å². The van der Waals surface area contributed by atoms with E-state index in [9.17, 15) is 19.7 Å². The Hall–Kier alpha value is -4.00. The van der Waals surface area contributed by atoms with Crippen LogP contribution in [0.4, 0.5) is 17.1 Å². The molecule has 0 saturated carbocycles. The summed E-state index contributed by atoms with van der Waals surface area (Å²) in [6.07, 6.45) is 0. The van der Waals surface area contributed by atoms with Crippen LogP contribution in [0.3, 0.4) is 0 Å². The van der Waals surface area contributed by atoms with Gasteiger partial charge >= 0.3 is 0 Å². The minimum atomic E-state index is -0.528. The molecule has 2 N–H and O–H groups in total. The minimum absolute atomic E-state index is 0.105. The fraction of sp³-hybridized carbons (Fsp3) is 0. The van der Waals surface area contributed by atoms with Crippen LogP contribution in [0.15, 0.2) is 78.9 Å². The number of rotatable bonds is 5. The van der Waals surface area contributed by atoms with Gasteiger partial charge in [-0.15, -0.1) is 0 Å². The van der Waals surface area contributed by atoms with Crippen molar-refractivity contribution >= 4 is 28.9 Å². The summed E-state index contributed by atoms with van der Waals surface area (Å²) in [5.74, 6) is -0.652. The maximum absolute atomic E-state index is 12.3. The molecular formula is C20H15N3O4. The van der Waals surface area contributed by atoms with Gasteiger partial charge in [0.15, 0.2) is 0 Å². The van der Waals surface area contributed by atoms with Gasteiger partial charge < -0.3 is 10.6 Å². The highest BCUT2D eigenvalue weighted by Gasteiger charge is 2.11. The van der Waals surface area contributed by atoms with E-state index < -0.39 is 10.8 Å². The second-order valence-electron chi connectivity index (χ2n) is 5.66. The zero-order chi connectivity index (χ0) is 19.2. The normalized spacial score (nSPS) is 10.1. The Morgan fingerprint density at radius 2 is 1.30 bits per heavy atom. The number of nitrogens with one attached hydrogen (secondary N) is 2. The van der Waals surface area contributed by atoms with Gasteiger partial charge in [-0.25, -0.2) is 0 Å². The highest BCUT2D eigenvalue weighted by Crippen LogP contribution is 2.18. The second kappa shape index (κ2) is 7.92. The highest BCUT2D eigenvalue weighted by molar-refractivity contribution is 6.06. The summed E-state index contributed by atoms with van der Waals surface area (Å²) in [7, 11) is 0. The molecule has 0 fully saturated rings. The second-order valence-corrected chi connectivity index (χ2v) is 5.66. The molecule has 0 bridgehead atoms. The van der Waals surface area contributed by atoms with Gasteiger partial charge in [-0.1, -0.05) is 24.3 Å². The van der Waals surface area contributed by atoms with Crippen molar-refractivity contribution in [1.29, 1.82) is 0 Å². The number of nitrogens with zero attached hydrogens (tertiary/aromatic N) is 1. The third kappa shape index (κ3) is 4.55. The molecule has 3 aromatic carbocycles. The van der Waals surface area contributed by atoms with Crippen molar-refractivity contribution in [2.24, 2.45) is 0 Å². The summed E-state index contributed by atoms with van der Waals surface area (Å²) >= 11 is 0. The SMILES string of the molecule is O=C(Nc1ccc(C(=O)Nc2cccc([N+](=O)[O-])c2)cc1)c1ccccc1. The van der Waals surface area contributed by atoms with Crippen LogP contribution in [0.5, 0.6) is 0 Å². The fourth-order valence-electron chi connectivity index (χ4n) is 2.40. The van der Waals surface area contributed by atoms with Crippen molar-refractivity contribution in [2.45, 2.75) is 0 Å². The van der Waals surface area contributed by atoms with Crippen molar-refractivity contribution in [3.8, 4) is 0 Å². The van der Waals surface area contributed by atoms with E-state index in [1.54, 1.807) is 54.6 Å². The molecule has 7 heteroatoms. The van der Waals surface area contributed by atoms with E-state index >= 15 is 0 Å². The maximum atomic E-state index is 12.3. The first-order valence-corrected chi connectivity index (χ1v) is 8.05. The molecule has 3 aromatic rings. The quantitative estimate of drug-likeness (QED) is 0.527. The minimum Gasteiger partial charge on any atom is -0.322 e. The molecule has 0 spiro atoms. The lowest BCUT2D eigenvalue weighted by Crippen LogP contribution is -2.13. The molecule has 27 heavy (non-hydrogen) atoms. The first-order valence-electron chi connectivity index (χ1n) is 8.05. The fourth-order valence-corrected chi connectivity index (χ4v) is 2.40. The Morgan fingerprint density at radius 1 is 0.704 bits per heavy atom. The van der Waals surface area contributed by atoms with Gasteiger partial charge in [-0.3, -0.25) is 19.7 Å². The molecule has 134 valence electrons. The first kappa shape index (κ1) is 17.8. The van der Waals surface area contributed by atoms with Gasteiger partial charge in [0.1, 0.15) is 0 Å². The van der Waals surface area contributed by atoms with Gasteiger partial charge in [-0.2, -0.15) is 0 Å². The summed E-state index contributed by atoms with van der Waals surface area (Å²) < 4.78 is 0. The van der Waals surface area contributed by atoms with Crippen LogP contribution in [0.1, 0.15) is 20.7 Å². The largest absolute Gasteiger partial charge is 0.322 e. The molecule has 0 saturated heterocycles. The molecule has 0 aliphatic heterocycles. The van der Waals surface area contributed by atoms with Crippen molar-refractivity contribution in [3.05, 3.63) is 100 Å². The average molecular weight is 361 g/mol. The van der Waals surface area contributed by atoms with Crippen LogP contribution < -0.4 is 10.6 Å². The Morgan fingerprint density at radius 3 is 1.93 bits per heavy atom. The van der Waals surface area contributed by atoms with Crippen molar-refractivity contribution in [1.82, 2.24) is 0 Å². The van der Waals surface area contributed by atoms with Gasteiger partial charge in [0.05, 0.1) is 4.92 Å². The molecule has 0 unspecified atom stereocenters. The first-order chi connectivity index (χ1) is 13.0. The standard InChI is InChI=1S/C20H15N3O4/c24-19(14-5-2-1-3-6-14)21-16-11-9-15(10-12-16)20(25)22-17-7-4-8-18(13-17)23(26)27/h1-13H,(H,21,24)(H,22,25). The molecule has 0 aliphatic carbocycles. The molecule has 0 atom stereocenters. The molecule has 2 amide bonds. The van der Waals surface area contributed by atoms with Crippen LogP contribution in [0.2, 0.25) is 0 Å². The van der Waals surface area contributed by atoms with Crippen LogP contribution in [-0.2, 0) is 0 Å². The number of amides is 2. The lowest BCUT2D eigenvalue weighted by atomic mass is 10.1. The lowest BCUT2D eigenvalue weighted by molar-refractivity contribution is -0.384. The molecule has 0 aliphatic rings. The number of hydrogen-bond acceptors (Lipinski definition) is 4. The molecule has 7 nitrogen and oxygen atoms in total. The maximum Gasteiger partial charge on any atom is 0.271 e.